The molecule has 1 aromatic rings. The third-order valence-electron chi connectivity index (χ3n) is 3.06. The average molecular weight is 311 g/mol. The van der Waals surface area contributed by atoms with Crippen LogP contribution in [0.1, 0.15) is 18.4 Å². The van der Waals surface area contributed by atoms with Gasteiger partial charge < -0.3 is 24.6 Å². The molecule has 0 aromatic heterocycles. The summed E-state index contributed by atoms with van der Waals surface area (Å²) in [6, 6.07) is 7.67. The lowest BCUT2D eigenvalue weighted by Gasteiger charge is -2.15. The summed E-state index contributed by atoms with van der Waals surface area (Å²) in [7, 11) is 1.90. The molecule has 0 unspecified atom stereocenters. The number of ether oxygens (including phenoxy) is 2. The lowest BCUT2D eigenvalue weighted by Crippen LogP contribution is -2.24. The number of carboxylic acids is 1. The molecule has 0 radical (unpaired) electrons. The summed E-state index contributed by atoms with van der Waals surface area (Å²) >= 11 is 0. The van der Waals surface area contributed by atoms with Crippen LogP contribution < -0.4 is 4.74 Å². The third-order valence-corrected chi connectivity index (χ3v) is 3.06. The molecule has 0 spiro atoms. The van der Waals surface area contributed by atoms with Crippen LogP contribution in [-0.2, 0) is 16.1 Å². The number of rotatable bonds is 12. The Labute approximate surface area is 131 Å². The van der Waals surface area contributed by atoms with Gasteiger partial charge >= 0.3 is 5.97 Å². The molecular formula is C16H25NO5. The van der Waals surface area contributed by atoms with Gasteiger partial charge in [-0.05, 0) is 31.2 Å². The van der Waals surface area contributed by atoms with E-state index in [0.717, 1.165) is 24.3 Å². The molecule has 0 bridgehead atoms. The van der Waals surface area contributed by atoms with E-state index < -0.39 is 5.97 Å². The summed E-state index contributed by atoms with van der Waals surface area (Å²) in [5.74, 6) is 0.0154. The molecular weight excluding hydrogens is 286 g/mol. The van der Waals surface area contributed by atoms with E-state index in [4.69, 9.17) is 19.7 Å². The number of benzene rings is 1. The fraction of sp³-hybridized carbons (Fsp3) is 0.562. The van der Waals surface area contributed by atoms with Crippen LogP contribution >= 0.6 is 0 Å². The molecule has 1 rings (SSSR count). The lowest BCUT2D eigenvalue weighted by atomic mass is 10.2. The molecule has 124 valence electrons. The summed E-state index contributed by atoms with van der Waals surface area (Å²) < 4.78 is 10.9. The summed E-state index contributed by atoms with van der Waals surface area (Å²) in [4.78, 5) is 12.5. The van der Waals surface area contributed by atoms with Gasteiger partial charge in [0.2, 0.25) is 0 Å². The Morgan fingerprint density at radius 2 is 2.09 bits per heavy atom. The van der Waals surface area contributed by atoms with Crippen molar-refractivity contribution in [3.8, 4) is 5.75 Å². The summed E-state index contributed by atoms with van der Waals surface area (Å²) in [6.07, 6.45) is 0.995. The molecule has 0 heterocycles. The molecule has 0 amide bonds. The summed E-state index contributed by atoms with van der Waals surface area (Å²) in [5, 5.41) is 17.3. The quantitative estimate of drug-likeness (QED) is 0.568. The number of carboxylic acid groups (broad SMARTS) is 1. The first-order chi connectivity index (χ1) is 10.6. The van der Waals surface area contributed by atoms with Crippen LogP contribution in [0.25, 0.3) is 0 Å². The van der Waals surface area contributed by atoms with Crippen LogP contribution in [-0.4, -0.2) is 61.0 Å². The van der Waals surface area contributed by atoms with Gasteiger partial charge in [0.1, 0.15) is 5.75 Å². The van der Waals surface area contributed by atoms with Crippen LogP contribution in [0.3, 0.4) is 0 Å². The highest BCUT2D eigenvalue weighted by atomic mass is 16.5. The molecule has 0 aliphatic heterocycles. The molecule has 6 nitrogen and oxygen atoms in total. The number of aliphatic hydroxyl groups excluding tert-OH is 1. The minimum Gasteiger partial charge on any atom is -0.494 e. The number of hydrogen-bond donors (Lipinski definition) is 2. The first kappa shape index (κ1) is 18.4. The zero-order valence-corrected chi connectivity index (χ0v) is 13.0. The van der Waals surface area contributed by atoms with E-state index in [2.05, 4.69) is 0 Å². The molecule has 0 saturated carbocycles. The van der Waals surface area contributed by atoms with Crippen LogP contribution in [0.15, 0.2) is 24.3 Å². The Balaban J connectivity index is 2.21. The van der Waals surface area contributed by atoms with Crippen molar-refractivity contribution in [3.05, 3.63) is 29.8 Å². The van der Waals surface area contributed by atoms with E-state index in [1.54, 1.807) is 0 Å². The molecule has 1 aromatic carbocycles. The SMILES string of the molecule is CN(CCCOc1cccc(COCCO)c1)CCC(=O)O. The van der Waals surface area contributed by atoms with E-state index in [9.17, 15) is 4.79 Å². The highest BCUT2D eigenvalue weighted by Crippen LogP contribution is 2.14. The lowest BCUT2D eigenvalue weighted by molar-refractivity contribution is -0.137. The van der Waals surface area contributed by atoms with E-state index in [1.165, 1.54) is 0 Å². The third kappa shape index (κ3) is 8.61. The molecule has 0 aliphatic carbocycles. The number of nitrogens with zero attached hydrogens (tertiary/aromatic N) is 1. The molecule has 6 heteroatoms. The largest absolute Gasteiger partial charge is 0.494 e. The average Bonchev–Trinajstić information content (AvgIpc) is 2.50. The predicted molar refractivity (Wildman–Crippen MR) is 83.0 cm³/mol. The van der Waals surface area contributed by atoms with Crippen LogP contribution in [0.4, 0.5) is 0 Å². The van der Waals surface area contributed by atoms with Gasteiger partial charge in [0.25, 0.3) is 0 Å². The van der Waals surface area contributed by atoms with Crippen molar-refractivity contribution in [2.75, 3.05) is 40.0 Å². The number of hydrogen-bond acceptors (Lipinski definition) is 5. The summed E-state index contributed by atoms with van der Waals surface area (Å²) in [6.45, 7) is 2.73. The normalized spacial score (nSPS) is 10.9. The van der Waals surface area contributed by atoms with E-state index >= 15 is 0 Å². The first-order valence-corrected chi connectivity index (χ1v) is 7.42. The molecule has 0 fully saturated rings. The second-order valence-corrected chi connectivity index (χ2v) is 5.07. The van der Waals surface area contributed by atoms with Crippen molar-refractivity contribution in [3.63, 3.8) is 0 Å². The van der Waals surface area contributed by atoms with E-state index in [1.807, 2.05) is 36.2 Å². The van der Waals surface area contributed by atoms with Crippen LogP contribution in [0.5, 0.6) is 5.75 Å². The van der Waals surface area contributed by atoms with Gasteiger partial charge in [-0.15, -0.1) is 0 Å². The fourth-order valence-electron chi connectivity index (χ4n) is 1.90. The van der Waals surface area contributed by atoms with Crippen molar-refractivity contribution in [2.45, 2.75) is 19.4 Å². The van der Waals surface area contributed by atoms with Crippen molar-refractivity contribution in [2.24, 2.45) is 0 Å². The number of aliphatic carboxylic acids is 1. The predicted octanol–water partition coefficient (Wildman–Crippen LogP) is 1.37. The van der Waals surface area contributed by atoms with Crippen LogP contribution in [0, 0.1) is 0 Å². The molecule has 0 saturated heterocycles. The Kier molecular flexibility index (Phi) is 9.21. The standard InChI is InChI=1S/C16H25NO5/c1-17(8-6-16(19)20)7-3-10-22-15-5-2-4-14(12-15)13-21-11-9-18/h2,4-5,12,18H,3,6-11,13H2,1H3,(H,19,20). The second kappa shape index (κ2) is 11.0. The zero-order valence-electron chi connectivity index (χ0n) is 13.0. The highest BCUT2D eigenvalue weighted by Gasteiger charge is 2.03. The van der Waals surface area contributed by atoms with Crippen molar-refractivity contribution >= 4 is 5.97 Å². The molecule has 0 atom stereocenters. The fourth-order valence-corrected chi connectivity index (χ4v) is 1.90. The van der Waals surface area contributed by atoms with E-state index in [0.29, 0.717) is 26.4 Å². The molecule has 2 N–H and O–H groups in total. The Bertz CT molecular complexity index is 438. The van der Waals surface area contributed by atoms with Crippen molar-refractivity contribution in [1.82, 2.24) is 4.90 Å². The molecule has 0 aliphatic rings. The molecule has 22 heavy (non-hydrogen) atoms. The van der Waals surface area contributed by atoms with Crippen LogP contribution in [0.2, 0.25) is 0 Å². The Hall–Kier alpha value is -1.63. The maximum Gasteiger partial charge on any atom is 0.304 e. The number of carbonyl (C=O) groups is 1. The topological polar surface area (TPSA) is 79.2 Å². The van der Waals surface area contributed by atoms with Gasteiger partial charge in [-0.25, -0.2) is 0 Å². The van der Waals surface area contributed by atoms with Gasteiger partial charge in [0, 0.05) is 13.1 Å². The zero-order chi connectivity index (χ0) is 16.2. The highest BCUT2D eigenvalue weighted by molar-refractivity contribution is 5.66. The monoisotopic (exact) mass is 311 g/mol. The van der Waals surface area contributed by atoms with Gasteiger partial charge in [0.15, 0.2) is 0 Å². The van der Waals surface area contributed by atoms with Crippen molar-refractivity contribution < 1.29 is 24.5 Å². The second-order valence-electron chi connectivity index (χ2n) is 5.07. The van der Waals surface area contributed by atoms with Gasteiger partial charge in [-0.3, -0.25) is 4.79 Å². The van der Waals surface area contributed by atoms with Gasteiger partial charge in [-0.1, -0.05) is 12.1 Å². The van der Waals surface area contributed by atoms with E-state index in [-0.39, 0.29) is 13.0 Å². The van der Waals surface area contributed by atoms with Gasteiger partial charge in [0.05, 0.1) is 32.8 Å². The summed E-state index contributed by atoms with van der Waals surface area (Å²) in [5.41, 5.74) is 1.00. The Morgan fingerprint density at radius 3 is 2.82 bits per heavy atom. The van der Waals surface area contributed by atoms with Gasteiger partial charge in [-0.2, -0.15) is 0 Å². The smallest absolute Gasteiger partial charge is 0.304 e. The van der Waals surface area contributed by atoms with Crippen molar-refractivity contribution in [1.29, 1.82) is 0 Å². The minimum atomic E-state index is -0.775. The maximum atomic E-state index is 10.5. The maximum absolute atomic E-state index is 10.5. The minimum absolute atomic E-state index is 0.0194. The Morgan fingerprint density at radius 1 is 1.27 bits per heavy atom. The first-order valence-electron chi connectivity index (χ1n) is 7.42. The number of aliphatic hydroxyl groups is 1.